The topological polar surface area (TPSA) is 46.1 Å². The lowest BCUT2D eigenvalue weighted by Gasteiger charge is -2.23. The van der Waals surface area contributed by atoms with Crippen molar-refractivity contribution in [2.24, 2.45) is 0 Å². The summed E-state index contributed by atoms with van der Waals surface area (Å²) in [6, 6.07) is 15.3. The highest BCUT2D eigenvalue weighted by Crippen LogP contribution is 2.15. The van der Waals surface area contributed by atoms with Crippen LogP contribution in [0.25, 0.3) is 0 Å². The van der Waals surface area contributed by atoms with E-state index in [-0.39, 0.29) is 5.91 Å². The van der Waals surface area contributed by atoms with Crippen molar-refractivity contribution >= 4 is 17.5 Å². The first-order valence-corrected chi connectivity index (χ1v) is 9.27. The van der Waals surface area contributed by atoms with E-state index in [4.69, 9.17) is 11.6 Å². The molecule has 0 radical (unpaired) electrons. The number of amides is 1. The van der Waals surface area contributed by atoms with Gasteiger partial charge in [-0.05, 0) is 61.7 Å². The first-order chi connectivity index (χ1) is 13.0. The molecular weight excluding hydrogens is 358 g/mol. The Morgan fingerprint density at radius 2 is 1.74 bits per heavy atom. The standard InChI is InChI=1S/C22H22ClN3O/c1-16-12-20(13-17(2)25-16)22(27)26(15-19-4-3-10-24-14-19)11-9-18-5-7-21(23)8-6-18/h3-8,10,12-14H,9,11,15H2,1-2H3. The summed E-state index contributed by atoms with van der Waals surface area (Å²) in [5.74, 6) is 0.00131. The van der Waals surface area contributed by atoms with Gasteiger partial charge in [-0.2, -0.15) is 0 Å². The van der Waals surface area contributed by atoms with Gasteiger partial charge in [-0.15, -0.1) is 0 Å². The van der Waals surface area contributed by atoms with Crippen LogP contribution in [0.5, 0.6) is 0 Å². The predicted octanol–water partition coefficient (Wildman–Crippen LogP) is 4.63. The Labute approximate surface area is 164 Å². The summed E-state index contributed by atoms with van der Waals surface area (Å²) in [5.41, 5.74) is 4.50. The van der Waals surface area contributed by atoms with Crippen molar-refractivity contribution in [3.8, 4) is 0 Å². The molecule has 138 valence electrons. The molecule has 0 aliphatic carbocycles. The van der Waals surface area contributed by atoms with Crippen LogP contribution in [0.2, 0.25) is 5.02 Å². The van der Waals surface area contributed by atoms with Crippen molar-refractivity contribution in [1.29, 1.82) is 0 Å². The van der Waals surface area contributed by atoms with Crippen LogP contribution in [0.4, 0.5) is 0 Å². The minimum absolute atomic E-state index is 0.00131. The van der Waals surface area contributed by atoms with Crippen molar-refractivity contribution < 1.29 is 4.79 Å². The van der Waals surface area contributed by atoms with E-state index in [9.17, 15) is 4.79 Å². The molecule has 0 saturated carbocycles. The number of hydrogen-bond acceptors (Lipinski definition) is 3. The normalized spacial score (nSPS) is 10.6. The molecule has 4 nitrogen and oxygen atoms in total. The van der Waals surface area contributed by atoms with E-state index in [1.54, 1.807) is 12.4 Å². The molecule has 0 atom stereocenters. The number of halogens is 1. The van der Waals surface area contributed by atoms with Crippen LogP contribution in [0.1, 0.15) is 32.9 Å². The van der Waals surface area contributed by atoms with E-state index in [1.165, 1.54) is 0 Å². The zero-order valence-electron chi connectivity index (χ0n) is 15.5. The highest BCUT2D eigenvalue weighted by atomic mass is 35.5. The molecule has 1 amide bonds. The zero-order valence-corrected chi connectivity index (χ0v) is 16.3. The lowest BCUT2D eigenvalue weighted by Crippen LogP contribution is -2.32. The van der Waals surface area contributed by atoms with Gasteiger partial charge in [0.1, 0.15) is 0 Å². The molecule has 0 bridgehead atoms. The number of aromatic nitrogens is 2. The number of pyridine rings is 2. The average molecular weight is 380 g/mol. The number of carbonyl (C=O) groups is 1. The number of aryl methyl sites for hydroxylation is 2. The molecule has 1 aromatic carbocycles. The van der Waals surface area contributed by atoms with Gasteiger partial charge in [0, 0.05) is 47.5 Å². The summed E-state index contributed by atoms with van der Waals surface area (Å²) >= 11 is 5.96. The third-order valence-electron chi connectivity index (χ3n) is 4.30. The van der Waals surface area contributed by atoms with Gasteiger partial charge in [-0.25, -0.2) is 0 Å². The summed E-state index contributed by atoms with van der Waals surface area (Å²) < 4.78 is 0. The van der Waals surface area contributed by atoms with Crippen LogP contribution in [-0.2, 0) is 13.0 Å². The van der Waals surface area contributed by atoms with Crippen molar-refractivity contribution in [3.63, 3.8) is 0 Å². The van der Waals surface area contributed by atoms with Gasteiger partial charge in [-0.3, -0.25) is 14.8 Å². The Balaban J connectivity index is 1.81. The maximum Gasteiger partial charge on any atom is 0.254 e. The highest BCUT2D eigenvalue weighted by molar-refractivity contribution is 6.30. The van der Waals surface area contributed by atoms with E-state index in [0.29, 0.717) is 23.7 Å². The quantitative estimate of drug-likeness (QED) is 0.627. The lowest BCUT2D eigenvalue weighted by molar-refractivity contribution is 0.0744. The monoisotopic (exact) mass is 379 g/mol. The summed E-state index contributed by atoms with van der Waals surface area (Å²) in [5, 5.41) is 0.713. The van der Waals surface area contributed by atoms with Crippen molar-refractivity contribution in [3.05, 3.63) is 94.0 Å². The molecule has 27 heavy (non-hydrogen) atoms. The minimum atomic E-state index is 0.00131. The molecular formula is C22H22ClN3O. The third-order valence-corrected chi connectivity index (χ3v) is 4.55. The number of rotatable bonds is 6. The van der Waals surface area contributed by atoms with Crippen molar-refractivity contribution in [1.82, 2.24) is 14.9 Å². The van der Waals surface area contributed by atoms with E-state index in [0.717, 1.165) is 28.9 Å². The fourth-order valence-corrected chi connectivity index (χ4v) is 3.15. The molecule has 3 rings (SSSR count). The fraction of sp³-hybridized carbons (Fsp3) is 0.227. The Kier molecular flexibility index (Phi) is 6.20. The van der Waals surface area contributed by atoms with Gasteiger partial charge in [0.25, 0.3) is 5.91 Å². The Morgan fingerprint density at radius 1 is 1.04 bits per heavy atom. The molecule has 0 aliphatic rings. The van der Waals surface area contributed by atoms with E-state index < -0.39 is 0 Å². The molecule has 3 aromatic rings. The number of benzene rings is 1. The Bertz CT molecular complexity index is 890. The van der Waals surface area contributed by atoms with Crippen molar-refractivity contribution in [2.75, 3.05) is 6.54 Å². The Hall–Kier alpha value is -2.72. The van der Waals surface area contributed by atoms with E-state index in [2.05, 4.69) is 9.97 Å². The molecule has 0 N–H and O–H groups in total. The van der Waals surface area contributed by atoms with Crippen LogP contribution in [0.3, 0.4) is 0 Å². The van der Waals surface area contributed by atoms with Gasteiger partial charge in [0.2, 0.25) is 0 Å². The average Bonchev–Trinajstić information content (AvgIpc) is 2.66. The van der Waals surface area contributed by atoms with Crippen LogP contribution < -0.4 is 0 Å². The van der Waals surface area contributed by atoms with Gasteiger partial charge in [-0.1, -0.05) is 29.8 Å². The fourth-order valence-electron chi connectivity index (χ4n) is 3.02. The summed E-state index contributed by atoms with van der Waals surface area (Å²) in [4.78, 5) is 23.6. The summed E-state index contributed by atoms with van der Waals surface area (Å²) in [6.07, 6.45) is 4.29. The summed E-state index contributed by atoms with van der Waals surface area (Å²) in [6.45, 7) is 4.93. The minimum Gasteiger partial charge on any atom is -0.334 e. The van der Waals surface area contributed by atoms with Gasteiger partial charge in [0.05, 0.1) is 0 Å². The molecule has 2 heterocycles. The largest absolute Gasteiger partial charge is 0.334 e. The van der Waals surface area contributed by atoms with Gasteiger partial charge < -0.3 is 4.90 Å². The van der Waals surface area contributed by atoms with Crippen LogP contribution in [0, 0.1) is 13.8 Å². The summed E-state index contributed by atoms with van der Waals surface area (Å²) in [7, 11) is 0. The SMILES string of the molecule is Cc1cc(C(=O)N(CCc2ccc(Cl)cc2)Cc2cccnc2)cc(C)n1. The van der Waals surface area contributed by atoms with E-state index in [1.807, 2.05) is 67.3 Å². The Morgan fingerprint density at radius 3 is 2.37 bits per heavy atom. The predicted molar refractivity (Wildman–Crippen MR) is 108 cm³/mol. The second-order valence-electron chi connectivity index (χ2n) is 6.60. The third kappa shape index (κ3) is 5.38. The highest BCUT2D eigenvalue weighted by Gasteiger charge is 2.17. The number of hydrogen-bond donors (Lipinski definition) is 0. The molecule has 2 aromatic heterocycles. The molecule has 0 spiro atoms. The second-order valence-corrected chi connectivity index (χ2v) is 7.04. The molecule has 0 unspecified atom stereocenters. The maximum atomic E-state index is 13.2. The molecule has 0 saturated heterocycles. The van der Waals surface area contributed by atoms with Crippen LogP contribution in [-0.4, -0.2) is 27.3 Å². The molecule has 0 aliphatic heterocycles. The maximum absolute atomic E-state index is 13.2. The lowest BCUT2D eigenvalue weighted by atomic mass is 10.1. The van der Waals surface area contributed by atoms with Gasteiger partial charge >= 0.3 is 0 Å². The first kappa shape index (κ1) is 19.1. The van der Waals surface area contributed by atoms with Crippen LogP contribution in [0.15, 0.2) is 60.9 Å². The number of nitrogens with zero attached hydrogens (tertiary/aromatic N) is 3. The van der Waals surface area contributed by atoms with E-state index >= 15 is 0 Å². The van der Waals surface area contributed by atoms with Crippen LogP contribution >= 0.6 is 11.6 Å². The van der Waals surface area contributed by atoms with Crippen molar-refractivity contribution in [2.45, 2.75) is 26.8 Å². The number of carbonyl (C=O) groups excluding carboxylic acids is 1. The second kappa shape index (κ2) is 8.78. The zero-order chi connectivity index (χ0) is 19.2. The van der Waals surface area contributed by atoms with Gasteiger partial charge in [0.15, 0.2) is 0 Å². The molecule has 0 fully saturated rings. The smallest absolute Gasteiger partial charge is 0.254 e. The molecule has 5 heteroatoms. The first-order valence-electron chi connectivity index (χ1n) is 8.89.